The fraction of sp³-hybridized carbons (Fsp3) is 0.0400. The molecule has 0 aliphatic carbocycles. The Morgan fingerprint density at radius 3 is 2.00 bits per heavy atom. The Morgan fingerprint density at radius 1 is 0.759 bits per heavy atom. The van der Waals surface area contributed by atoms with Crippen molar-refractivity contribution in [3.63, 3.8) is 0 Å². The molecule has 5 rings (SSSR count). The van der Waals surface area contributed by atoms with Crippen molar-refractivity contribution in [1.29, 1.82) is 0 Å². The number of hydrogen-bond acceptors (Lipinski definition) is 1. The first-order chi connectivity index (χ1) is 14.2. The fourth-order valence-electron chi connectivity index (χ4n) is 3.58. The number of halogens is 2. The summed E-state index contributed by atoms with van der Waals surface area (Å²) in [7, 11) is -0.111. The predicted octanol–water partition coefficient (Wildman–Crippen LogP) is 8.05. The van der Waals surface area contributed by atoms with E-state index in [-0.39, 0.29) is 22.9 Å². The van der Waals surface area contributed by atoms with Gasteiger partial charge in [0.25, 0.3) is 0 Å². The number of benzene rings is 4. The SMILES string of the molecule is Fc1cc(I)ccc1COc1ccc(-[s+]2c3ccccc3c3ccccc32)cc1. The molecule has 0 aliphatic heterocycles. The molecule has 4 aromatic carbocycles. The van der Waals surface area contributed by atoms with Gasteiger partial charge in [0.2, 0.25) is 0 Å². The highest BCUT2D eigenvalue weighted by atomic mass is 127. The maximum Gasteiger partial charge on any atom is 0.187 e. The molecule has 1 aromatic heterocycles. The third-order valence-electron chi connectivity index (χ3n) is 4.97. The van der Waals surface area contributed by atoms with Gasteiger partial charge in [-0.2, -0.15) is 0 Å². The third kappa shape index (κ3) is 3.51. The lowest BCUT2D eigenvalue weighted by atomic mass is 10.2. The number of rotatable bonds is 4. The Labute approximate surface area is 184 Å². The topological polar surface area (TPSA) is 9.23 Å². The van der Waals surface area contributed by atoms with Crippen LogP contribution in [0.2, 0.25) is 0 Å². The molecule has 0 saturated heterocycles. The summed E-state index contributed by atoms with van der Waals surface area (Å²) in [5, 5.41) is 2.64. The van der Waals surface area contributed by atoms with Crippen LogP contribution in [0.5, 0.6) is 5.75 Å². The standard InChI is InChI=1S/C25H17FIOS/c26-23-15-18(27)10-9-17(23)16-28-19-11-13-20(14-12-19)29-24-7-3-1-5-21(24)22-6-2-4-8-25(22)29/h1-15H,16H2/q+1. The average molecular weight is 511 g/mol. The Kier molecular flexibility index (Phi) is 4.97. The largest absolute Gasteiger partial charge is 0.489 e. The summed E-state index contributed by atoms with van der Waals surface area (Å²) < 4.78 is 23.5. The van der Waals surface area contributed by atoms with Crippen LogP contribution in [0.15, 0.2) is 91.0 Å². The van der Waals surface area contributed by atoms with Gasteiger partial charge in [-0.3, -0.25) is 0 Å². The van der Waals surface area contributed by atoms with Crippen LogP contribution >= 0.6 is 33.1 Å². The van der Waals surface area contributed by atoms with Crippen LogP contribution in [0.1, 0.15) is 5.56 Å². The number of thiophene rings is 1. The summed E-state index contributed by atoms with van der Waals surface area (Å²) in [5.74, 6) is 0.519. The number of ether oxygens (including phenoxy) is 1. The molecule has 0 amide bonds. The Bertz CT molecular complexity index is 1270. The normalized spacial score (nSPS) is 11.2. The minimum absolute atomic E-state index is 0.111. The maximum atomic E-state index is 14.0. The summed E-state index contributed by atoms with van der Waals surface area (Å²) in [6.07, 6.45) is 0. The van der Waals surface area contributed by atoms with E-state index in [2.05, 4.69) is 83.3 Å². The summed E-state index contributed by atoms with van der Waals surface area (Å²) in [4.78, 5) is 1.26. The smallest absolute Gasteiger partial charge is 0.187 e. The van der Waals surface area contributed by atoms with Crippen molar-refractivity contribution in [1.82, 2.24) is 0 Å². The zero-order chi connectivity index (χ0) is 19.8. The van der Waals surface area contributed by atoms with Crippen LogP contribution in [0.4, 0.5) is 4.39 Å². The highest BCUT2D eigenvalue weighted by Gasteiger charge is 2.22. The zero-order valence-electron chi connectivity index (χ0n) is 15.4. The quantitative estimate of drug-likeness (QED) is 0.175. The van der Waals surface area contributed by atoms with E-state index in [1.54, 1.807) is 6.07 Å². The van der Waals surface area contributed by atoms with Gasteiger partial charge in [-0.15, -0.1) is 0 Å². The van der Waals surface area contributed by atoms with Crippen molar-refractivity contribution in [2.24, 2.45) is 0 Å². The average Bonchev–Trinajstić information content (AvgIpc) is 3.08. The predicted molar refractivity (Wildman–Crippen MR) is 129 cm³/mol. The maximum absolute atomic E-state index is 14.0. The number of fused-ring (bicyclic) bond motifs is 3. The number of hydrogen-bond donors (Lipinski definition) is 0. The molecule has 142 valence electrons. The highest BCUT2D eigenvalue weighted by molar-refractivity contribution is 14.1. The van der Waals surface area contributed by atoms with Crippen LogP contribution in [0.3, 0.4) is 0 Å². The molecule has 0 unspecified atom stereocenters. The van der Waals surface area contributed by atoms with E-state index >= 15 is 0 Å². The van der Waals surface area contributed by atoms with Crippen molar-refractivity contribution in [3.05, 3.63) is 106 Å². The first-order valence-corrected chi connectivity index (χ1v) is 11.6. The molecule has 0 radical (unpaired) electrons. The van der Waals surface area contributed by atoms with E-state index in [0.717, 1.165) is 9.32 Å². The molecule has 0 fully saturated rings. The van der Waals surface area contributed by atoms with Crippen LogP contribution < -0.4 is 4.74 Å². The van der Waals surface area contributed by atoms with Crippen LogP contribution in [0.25, 0.3) is 25.1 Å². The van der Waals surface area contributed by atoms with Crippen molar-refractivity contribution in [2.45, 2.75) is 6.61 Å². The minimum Gasteiger partial charge on any atom is -0.489 e. The van der Waals surface area contributed by atoms with Gasteiger partial charge < -0.3 is 4.74 Å². The van der Waals surface area contributed by atoms with Gasteiger partial charge >= 0.3 is 0 Å². The van der Waals surface area contributed by atoms with Crippen LogP contribution in [-0.4, -0.2) is 0 Å². The lowest BCUT2D eigenvalue weighted by Crippen LogP contribution is -1.98. The molecule has 0 bridgehead atoms. The molecule has 0 atom stereocenters. The lowest BCUT2D eigenvalue weighted by molar-refractivity contribution is 0.300. The van der Waals surface area contributed by atoms with E-state index in [1.807, 2.05) is 18.2 Å². The van der Waals surface area contributed by atoms with Crippen molar-refractivity contribution in [3.8, 4) is 10.6 Å². The molecule has 0 N–H and O–H groups in total. The van der Waals surface area contributed by atoms with Crippen molar-refractivity contribution >= 4 is 53.2 Å². The molecular formula is C25H17FIOS+. The lowest BCUT2D eigenvalue weighted by Gasteiger charge is -2.07. The van der Waals surface area contributed by atoms with Gasteiger partial charge in [-0.25, -0.2) is 4.39 Å². The molecule has 0 saturated carbocycles. The van der Waals surface area contributed by atoms with E-state index in [0.29, 0.717) is 5.56 Å². The Balaban J connectivity index is 1.47. The van der Waals surface area contributed by atoms with E-state index in [4.69, 9.17) is 4.74 Å². The van der Waals surface area contributed by atoms with E-state index in [1.165, 1.54) is 31.1 Å². The first kappa shape index (κ1) is 18.6. The third-order valence-corrected chi connectivity index (χ3v) is 7.98. The fourth-order valence-corrected chi connectivity index (χ4v) is 6.41. The van der Waals surface area contributed by atoms with E-state index in [9.17, 15) is 4.39 Å². The summed E-state index contributed by atoms with van der Waals surface area (Å²) >= 11 is 2.10. The first-order valence-electron chi connectivity index (χ1n) is 9.30. The summed E-state index contributed by atoms with van der Waals surface area (Å²) in [6, 6.07) is 30.7. The Morgan fingerprint density at radius 2 is 1.38 bits per heavy atom. The van der Waals surface area contributed by atoms with Crippen LogP contribution in [0, 0.1) is 9.39 Å². The second-order valence-electron chi connectivity index (χ2n) is 6.79. The summed E-state index contributed by atoms with van der Waals surface area (Å²) in [6.45, 7) is 0.222. The second-order valence-corrected chi connectivity index (χ2v) is 10.0. The van der Waals surface area contributed by atoms with Gasteiger partial charge in [0, 0.05) is 42.5 Å². The zero-order valence-corrected chi connectivity index (χ0v) is 18.4. The van der Waals surface area contributed by atoms with Crippen molar-refractivity contribution in [2.75, 3.05) is 0 Å². The Hall–Kier alpha value is -2.44. The second kappa shape index (κ2) is 7.76. The molecule has 5 aromatic rings. The summed E-state index contributed by atoms with van der Waals surface area (Å²) in [5.41, 5.74) is 0.565. The molecule has 1 heterocycles. The molecular weight excluding hydrogens is 494 g/mol. The monoisotopic (exact) mass is 511 g/mol. The van der Waals surface area contributed by atoms with Gasteiger partial charge in [0.05, 0.1) is 0 Å². The minimum atomic E-state index is -0.228. The molecule has 0 spiro atoms. The van der Waals surface area contributed by atoms with Crippen LogP contribution in [-0.2, 0) is 6.61 Å². The van der Waals surface area contributed by atoms with Gasteiger partial charge in [0.1, 0.15) is 18.2 Å². The highest BCUT2D eigenvalue weighted by Crippen LogP contribution is 2.48. The van der Waals surface area contributed by atoms with Gasteiger partial charge in [0.15, 0.2) is 14.3 Å². The molecule has 1 nitrogen and oxygen atoms in total. The molecule has 0 aliphatic rings. The molecule has 29 heavy (non-hydrogen) atoms. The molecule has 4 heteroatoms. The van der Waals surface area contributed by atoms with Crippen molar-refractivity contribution < 1.29 is 9.13 Å². The van der Waals surface area contributed by atoms with Gasteiger partial charge in [-0.05, 0) is 71.1 Å². The van der Waals surface area contributed by atoms with Gasteiger partial charge in [-0.1, -0.05) is 30.3 Å². The van der Waals surface area contributed by atoms with E-state index < -0.39 is 0 Å².